The highest BCUT2D eigenvalue weighted by Gasteiger charge is 2.09. The van der Waals surface area contributed by atoms with Gasteiger partial charge in [-0.1, -0.05) is 25.4 Å². The SMILES string of the molecule is CC(C)CCC(C)Nc1nc(NN)ncc1Cl. The molecule has 0 aliphatic carbocycles. The van der Waals surface area contributed by atoms with Crippen LogP contribution in [0.5, 0.6) is 0 Å². The molecule has 96 valence electrons. The summed E-state index contributed by atoms with van der Waals surface area (Å²) < 4.78 is 0. The van der Waals surface area contributed by atoms with E-state index >= 15 is 0 Å². The summed E-state index contributed by atoms with van der Waals surface area (Å²) in [6.45, 7) is 6.53. The third-order valence-electron chi connectivity index (χ3n) is 2.43. The predicted octanol–water partition coefficient (Wildman–Crippen LogP) is 2.65. The fourth-order valence-electron chi connectivity index (χ4n) is 1.43. The van der Waals surface area contributed by atoms with E-state index in [1.807, 2.05) is 0 Å². The maximum Gasteiger partial charge on any atom is 0.239 e. The van der Waals surface area contributed by atoms with Crippen LogP contribution in [0.1, 0.15) is 33.6 Å². The van der Waals surface area contributed by atoms with Crippen molar-refractivity contribution in [2.24, 2.45) is 11.8 Å². The van der Waals surface area contributed by atoms with Crippen LogP contribution >= 0.6 is 11.6 Å². The molecule has 0 bridgehead atoms. The second-order valence-electron chi connectivity index (χ2n) is 4.55. The molecular formula is C11H20ClN5. The smallest absolute Gasteiger partial charge is 0.239 e. The van der Waals surface area contributed by atoms with Crippen molar-refractivity contribution in [3.05, 3.63) is 11.2 Å². The lowest BCUT2D eigenvalue weighted by Gasteiger charge is -2.16. The van der Waals surface area contributed by atoms with Crippen molar-refractivity contribution in [3.63, 3.8) is 0 Å². The Morgan fingerprint density at radius 1 is 1.35 bits per heavy atom. The minimum Gasteiger partial charge on any atom is -0.366 e. The molecule has 17 heavy (non-hydrogen) atoms. The molecule has 0 saturated carbocycles. The van der Waals surface area contributed by atoms with E-state index in [1.165, 1.54) is 12.6 Å². The molecule has 0 aliphatic heterocycles. The molecule has 1 aromatic rings. The first-order chi connectivity index (χ1) is 8.02. The molecule has 1 unspecified atom stereocenters. The van der Waals surface area contributed by atoms with Crippen LogP contribution in [-0.4, -0.2) is 16.0 Å². The summed E-state index contributed by atoms with van der Waals surface area (Å²) in [4.78, 5) is 8.09. The number of aromatic nitrogens is 2. The molecule has 1 aromatic heterocycles. The number of hydrazine groups is 1. The second-order valence-corrected chi connectivity index (χ2v) is 4.96. The van der Waals surface area contributed by atoms with E-state index in [2.05, 4.69) is 41.5 Å². The average Bonchev–Trinajstić information content (AvgIpc) is 2.29. The van der Waals surface area contributed by atoms with Crippen molar-refractivity contribution in [1.29, 1.82) is 0 Å². The van der Waals surface area contributed by atoms with E-state index in [9.17, 15) is 0 Å². The number of hydrogen-bond acceptors (Lipinski definition) is 5. The van der Waals surface area contributed by atoms with Crippen LogP contribution in [0.15, 0.2) is 6.20 Å². The fraction of sp³-hybridized carbons (Fsp3) is 0.636. The Bertz CT molecular complexity index is 356. The van der Waals surface area contributed by atoms with Gasteiger partial charge in [-0.15, -0.1) is 0 Å². The van der Waals surface area contributed by atoms with Crippen molar-refractivity contribution in [2.75, 3.05) is 10.7 Å². The molecule has 0 saturated heterocycles. The minimum absolute atomic E-state index is 0.315. The first-order valence-electron chi connectivity index (χ1n) is 5.78. The Labute approximate surface area is 107 Å². The molecule has 1 heterocycles. The number of anilines is 2. The summed E-state index contributed by atoms with van der Waals surface area (Å²) in [6.07, 6.45) is 3.77. The monoisotopic (exact) mass is 257 g/mol. The lowest BCUT2D eigenvalue weighted by molar-refractivity contribution is 0.527. The third kappa shape index (κ3) is 4.75. The fourth-order valence-corrected chi connectivity index (χ4v) is 1.57. The van der Waals surface area contributed by atoms with Gasteiger partial charge in [-0.25, -0.2) is 10.8 Å². The number of nitrogens with two attached hydrogens (primary N) is 1. The first-order valence-corrected chi connectivity index (χ1v) is 6.16. The van der Waals surface area contributed by atoms with Crippen LogP contribution in [0.25, 0.3) is 0 Å². The highest BCUT2D eigenvalue weighted by molar-refractivity contribution is 6.32. The van der Waals surface area contributed by atoms with Gasteiger partial charge in [-0.2, -0.15) is 4.98 Å². The zero-order valence-electron chi connectivity index (χ0n) is 10.5. The zero-order valence-corrected chi connectivity index (χ0v) is 11.3. The van der Waals surface area contributed by atoms with Gasteiger partial charge in [0.2, 0.25) is 5.95 Å². The number of halogens is 1. The Hall–Kier alpha value is -1.07. The van der Waals surface area contributed by atoms with Gasteiger partial charge >= 0.3 is 0 Å². The maximum atomic E-state index is 6.00. The Morgan fingerprint density at radius 3 is 2.65 bits per heavy atom. The van der Waals surface area contributed by atoms with Crippen molar-refractivity contribution >= 4 is 23.4 Å². The van der Waals surface area contributed by atoms with Gasteiger partial charge in [0.25, 0.3) is 0 Å². The Balaban J connectivity index is 2.60. The van der Waals surface area contributed by atoms with Gasteiger partial charge in [-0.05, 0) is 25.7 Å². The van der Waals surface area contributed by atoms with Gasteiger partial charge in [0.05, 0.1) is 6.20 Å². The van der Waals surface area contributed by atoms with Gasteiger partial charge in [-0.3, -0.25) is 5.43 Å². The number of nitrogens with zero attached hydrogens (tertiary/aromatic N) is 2. The molecular weight excluding hydrogens is 238 g/mol. The Morgan fingerprint density at radius 2 is 2.06 bits per heavy atom. The minimum atomic E-state index is 0.315. The molecule has 1 atom stereocenters. The van der Waals surface area contributed by atoms with E-state index in [0.717, 1.165) is 6.42 Å². The topological polar surface area (TPSA) is 75.9 Å². The van der Waals surface area contributed by atoms with Crippen LogP contribution in [0.2, 0.25) is 5.02 Å². The highest BCUT2D eigenvalue weighted by atomic mass is 35.5. The molecule has 6 heteroatoms. The lowest BCUT2D eigenvalue weighted by atomic mass is 10.0. The summed E-state index contributed by atoms with van der Waals surface area (Å²) in [5, 5.41) is 3.76. The van der Waals surface area contributed by atoms with Gasteiger partial charge in [0.15, 0.2) is 5.82 Å². The number of rotatable bonds is 6. The first kappa shape index (κ1) is 14.0. The molecule has 0 radical (unpaired) electrons. The largest absolute Gasteiger partial charge is 0.366 e. The third-order valence-corrected chi connectivity index (χ3v) is 2.71. The van der Waals surface area contributed by atoms with Gasteiger partial charge in [0.1, 0.15) is 5.02 Å². The molecule has 0 aromatic carbocycles. The average molecular weight is 258 g/mol. The van der Waals surface area contributed by atoms with Crippen molar-refractivity contribution in [1.82, 2.24) is 9.97 Å². The van der Waals surface area contributed by atoms with E-state index in [0.29, 0.717) is 28.7 Å². The quantitative estimate of drug-likeness (QED) is 0.540. The molecule has 5 nitrogen and oxygen atoms in total. The summed E-state index contributed by atoms with van der Waals surface area (Å²) in [5.74, 6) is 6.92. The molecule has 0 amide bonds. The van der Waals surface area contributed by atoms with Gasteiger partial charge < -0.3 is 5.32 Å². The normalized spacial score (nSPS) is 12.6. The lowest BCUT2D eigenvalue weighted by Crippen LogP contribution is -2.18. The molecule has 0 spiro atoms. The summed E-state index contributed by atoms with van der Waals surface area (Å²) >= 11 is 6.00. The maximum absolute atomic E-state index is 6.00. The van der Waals surface area contributed by atoms with Crippen molar-refractivity contribution in [2.45, 2.75) is 39.7 Å². The van der Waals surface area contributed by atoms with Crippen LogP contribution < -0.4 is 16.6 Å². The molecule has 1 rings (SSSR count). The van der Waals surface area contributed by atoms with Crippen LogP contribution in [0.4, 0.5) is 11.8 Å². The van der Waals surface area contributed by atoms with E-state index in [4.69, 9.17) is 17.4 Å². The van der Waals surface area contributed by atoms with Crippen LogP contribution in [0.3, 0.4) is 0 Å². The van der Waals surface area contributed by atoms with E-state index in [-0.39, 0.29) is 0 Å². The highest BCUT2D eigenvalue weighted by Crippen LogP contribution is 2.21. The standard InChI is InChI=1S/C11H20ClN5/c1-7(2)4-5-8(3)15-10-9(12)6-14-11(16-10)17-13/h6-8H,4-5,13H2,1-3H3,(H2,14,15,16,17). The Kier molecular flexibility index (Phi) is 5.44. The van der Waals surface area contributed by atoms with Crippen molar-refractivity contribution < 1.29 is 0 Å². The number of nitrogens with one attached hydrogen (secondary N) is 2. The van der Waals surface area contributed by atoms with Crippen LogP contribution in [-0.2, 0) is 0 Å². The summed E-state index contributed by atoms with van der Waals surface area (Å²) in [6, 6.07) is 0.315. The van der Waals surface area contributed by atoms with Crippen molar-refractivity contribution in [3.8, 4) is 0 Å². The molecule has 4 N–H and O–H groups in total. The second kappa shape index (κ2) is 6.61. The van der Waals surface area contributed by atoms with E-state index in [1.54, 1.807) is 0 Å². The zero-order chi connectivity index (χ0) is 12.8. The van der Waals surface area contributed by atoms with Crippen LogP contribution in [0, 0.1) is 5.92 Å². The molecule has 0 aliphatic rings. The molecule has 0 fully saturated rings. The number of nitrogen functional groups attached to an aromatic ring is 1. The van der Waals surface area contributed by atoms with Gasteiger partial charge in [0, 0.05) is 6.04 Å². The van der Waals surface area contributed by atoms with E-state index < -0.39 is 0 Å². The summed E-state index contributed by atoms with van der Waals surface area (Å²) in [5.41, 5.74) is 2.40. The summed E-state index contributed by atoms with van der Waals surface area (Å²) in [7, 11) is 0. The predicted molar refractivity (Wildman–Crippen MR) is 72.0 cm³/mol. The number of hydrogen-bond donors (Lipinski definition) is 3.